The Morgan fingerprint density at radius 2 is 1.48 bits per heavy atom. The van der Waals surface area contributed by atoms with E-state index in [0.29, 0.717) is 39.0 Å². The highest BCUT2D eigenvalue weighted by Gasteiger charge is 2.68. The Bertz CT molecular complexity index is 543. The van der Waals surface area contributed by atoms with Crippen LogP contribution in [0.2, 0.25) is 0 Å². The van der Waals surface area contributed by atoms with Gasteiger partial charge < -0.3 is 14.6 Å². The van der Waals surface area contributed by atoms with E-state index < -0.39 is 35.5 Å². The van der Waals surface area contributed by atoms with Crippen LogP contribution in [0, 0.1) is 16.2 Å². The predicted molar refractivity (Wildman–Crippen MR) is 83.8 cm³/mol. The first-order chi connectivity index (χ1) is 11.3. The van der Waals surface area contributed by atoms with E-state index in [-0.39, 0.29) is 17.4 Å². The van der Waals surface area contributed by atoms with Gasteiger partial charge in [-0.3, -0.25) is 4.79 Å². The molecule has 0 spiro atoms. The van der Waals surface area contributed by atoms with Crippen LogP contribution in [-0.4, -0.2) is 41.8 Å². The van der Waals surface area contributed by atoms with Gasteiger partial charge in [0.15, 0.2) is 0 Å². The molecule has 0 amide bonds. The summed E-state index contributed by atoms with van der Waals surface area (Å²) in [6, 6.07) is 0. The molecule has 142 valence electrons. The number of rotatable bonds is 5. The summed E-state index contributed by atoms with van der Waals surface area (Å²) >= 11 is 0. The number of carbonyl (C=O) groups is 2. The Balaban J connectivity index is 1.62. The molecule has 4 aliphatic rings. The quantitative estimate of drug-likeness (QED) is 0.603. The number of alkyl halides is 2. The van der Waals surface area contributed by atoms with Gasteiger partial charge in [-0.25, -0.2) is 4.79 Å². The van der Waals surface area contributed by atoms with Crippen LogP contribution in [0.1, 0.15) is 59.3 Å². The average Bonchev–Trinajstić information content (AvgIpc) is 2.36. The molecular formula is C18H26F2O5. The number of carbonyl (C=O) groups excluding carboxylic acids is 2. The summed E-state index contributed by atoms with van der Waals surface area (Å²) in [6.45, 7) is 4.03. The molecule has 4 saturated carbocycles. The first-order valence-electron chi connectivity index (χ1n) is 8.74. The van der Waals surface area contributed by atoms with Gasteiger partial charge in [-0.05, 0) is 49.4 Å². The van der Waals surface area contributed by atoms with Gasteiger partial charge in [0.2, 0.25) is 0 Å². The van der Waals surface area contributed by atoms with Gasteiger partial charge in [0.1, 0.15) is 13.2 Å². The topological polar surface area (TPSA) is 72.8 Å². The molecule has 4 rings (SSSR count). The largest absolute Gasteiger partial charge is 0.462 e. The van der Waals surface area contributed by atoms with Crippen molar-refractivity contribution in [2.24, 2.45) is 16.2 Å². The maximum atomic E-state index is 12.7. The fourth-order valence-corrected chi connectivity index (χ4v) is 6.40. The molecule has 0 aromatic heterocycles. The number of esters is 2. The highest BCUT2D eigenvalue weighted by molar-refractivity contribution is 5.78. The van der Waals surface area contributed by atoms with E-state index >= 15 is 0 Å². The number of hydrogen-bond acceptors (Lipinski definition) is 5. The normalized spacial score (nSPS) is 42.3. The summed E-state index contributed by atoms with van der Waals surface area (Å²) in [5.41, 5.74) is -1.75. The monoisotopic (exact) mass is 360 g/mol. The van der Waals surface area contributed by atoms with Gasteiger partial charge in [0.05, 0.1) is 11.0 Å². The molecule has 4 bridgehead atoms. The maximum absolute atomic E-state index is 12.7. The lowest BCUT2D eigenvalue weighted by Gasteiger charge is -2.66. The molecule has 0 aromatic carbocycles. The predicted octanol–water partition coefficient (Wildman–Crippen LogP) is 2.84. The maximum Gasteiger partial charge on any atom is 0.376 e. The lowest BCUT2D eigenvalue weighted by molar-refractivity contribution is -0.234. The standard InChI is InChI=1S/C18H26F2O5/c1-14-6-15(2)8-17(7-14,11-18(23,9-14)10-15)13(22)25-5-4-24-12(21)16(3,19)20/h23H,4-11H2,1-3H3. The fourth-order valence-electron chi connectivity index (χ4n) is 6.40. The van der Waals surface area contributed by atoms with Gasteiger partial charge >= 0.3 is 17.9 Å². The molecule has 7 heteroatoms. The number of halogens is 2. The van der Waals surface area contributed by atoms with Crippen LogP contribution >= 0.6 is 0 Å². The number of ether oxygens (including phenoxy) is 2. The first kappa shape index (κ1) is 18.5. The molecule has 4 fully saturated rings. The van der Waals surface area contributed by atoms with Crippen molar-refractivity contribution in [3.05, 3.63) is 0 Å². The van der Waals surface area contributed by atoms with E-state index in [9.17, 15) is 23.5 Å². The van der Waals surface area contributed by atoms with Crippen LogP contribution in [0.15, 0.2) is 0 Å². The highest BCUT2D eigenvalue weighted by atomic mass is 19.3. The molecular weight excluding hydrogens is 334 g/mol. The Labute approximate surface area is 146 Å². The van der Waals surface area contributed by atoms with E-state index in [2.05, 4.69) is 18.6 Å². The minimum atomic E-state index is -3.56. The third-order valence-electron chi connectivity index (χ3n) is 5.90. The van der Waals surface area contributed by atoms with Crippen LogP contribution in [0.4, 0.5) is 8.78 Å². The molecule has 0 radical (unpaired) electrons. The second-order valence-corrected chi connectivity index (χ2v) is 9.35. The summed E-state index contributed by atoms with van der Waals surface area (Å²) in [6.07, 6.45) is 4.12. The fraction of sp³-hybridized carbons (Fsp3) is 0.889. The van der Waals surface area contributed by atoms with Crippen molar-refractivity contribution in [1.29, 1.82) is 0 Å². The van der Waals surface area contributed by atoms with Gasteiger partial charge in [-0.1, -0.05) is 13.8 Å². The third kappa shape index (κ3) is 3.39. The summed E-state index contributed by atoms with van der Waals surface area (Å²) in [4.78, 5) is 23.8. The molecule has 2 unspecified atom stereocenters. The summed E-state index contributed by atoms with van der Waals surface area (Å²) in [7, 11) is 0. The Kier molecular flexibility index (Phi) is 3.99. The zero-order chi connectivity index (χ0) is 18.7. The Hall–Kier alpha value is -1.24. The van der Waals surface area contributed by atoms with Crippen LogP contribution < -0.4 is 0 Å². The first-order valence-corrected chi connectivity index (χ1v) is 8.74. The summed E-state index contributed by atoms with van der Waals surface area (Å²) < 4.78 is 35.1. The van der Waals surface area contributed by atoms with Crippen molar-refractivity contribution < 1.29 is 33.0 Å². The van der Waals surface area contributed by atoms with Crippen molar-refractivity contribution in [1.82, 2.24) is 0 Å². The Morgan fingerprint density at radius 3 is 1.96 bits per heavy atom. The van der Waals surface area contributed by atoms with Crippen LogP contribution in [-0.2, 0) is 19.1 Å². The minimum absolute atomic E-state index is 0.0893. The van der Waals surface area contributed by atoms with Gasteiger partial charge in [0.25, 0.3) is 0 Å². The van der Waals surface area contributed by atoms with Gasteiger partial charge in [0, 0.05) is 6.92 Å². The van der Waals surface area contributed by atoms with Crippen LogP contribution in [0.5, 0.6) is 0 Å². The second kappa shape index (κ2) is 5.38. The van der Waals surface area contributed by atoms with Gasteiger partial charge in [-0.15, -0.1) is 0 Å². The van der Waals surface area contributed by atoms with E-state index in [0.717, 1.165) is 6.42 Å². The van der Waals surface area contributed by atoms with Crippen molar-refractivity contribution in [2.75, 3.05) is 13.2 Å². The van der Waals surface area contributed by atoms with Crippen molar-refractivity contribution in [3.8, 4) is 0 Å². The van der Waals surface area contributed by atoms with E-state index in [1.165, 1.54) is 0 Å². The summed E-state index contributed by atoms with van der Waals surface area (Å²) in [5, 5.41) is 10.9. The van der Waals surface area contributed by atoms with Crippen molar-refractivity contribution >= 4 is 11.9 Å². The molecule has 4 aliphatic carbocycles. The molecule has 1 N–H and O–H groups in total. The van der Waals surface area contributed by atoms with Crippen LogP contribution in [0.3, 0.4) is 0 Å². The van der Waals surface area contributed by atoms with Gasteiger partial charge in [-0.2, -0.15) is 8.78 Å². The summed E-state index contributed by atoms with van der Waals surface area (Å²) in [5.74, 6) is -5.61. The minimum Gasteiger partial charge on any atom is -0.462 e. The lowest BCUT2D eigenvalue weighted by Crippen LogP contribution is -2.64. The smallest absolute Gasteiger partial charge is 0.376 e. The zero-order valence-electron chi connectivity index (χ0n) is 15.0. The van der Waals surface area contributed by atoms with Crippen molar-refractivity contribution in [3.63, 3.8) is 0 Å². The SMILES string of the molecule is CC12CC3(C)CC(O)(C1)CC(C(=O)OCCOC(=O)C(C)(F)F)(C2)C3. The zero-order valence-corrected chi connectivity index (χ0v) is 15.0. The number of aliphatic hydroxyl groups is 1. The highest BCUT2D eigenvalue weighted by Crippen LogP contribution is 2.70. The average molecular weight is 360 g/mol. The number of hydrogen-bond donors (Lipinski definition) is 1. The van der Waals surface area contributed by atoms with E-state index in [1.54, 1.807) is 0 Å². The van der Waals surface area contributed by atoms with E-state index in [1.807, 2.05) is 0 Å². The molecule has 25 heavy (non-hydrogen) atoms. The lowest BCUT2D eigenvalue weighted by atomic mass is 9.39. The molecule has 0 aromatic rings. The molecule has 0 aliphatic heterocycles. The van der Waals surface area contributed by atoms with Crippen molar-refractivity contribution in [2.45, 2.75) is 70.8 Å². The third-order valence-corrected chi connectivity index (χ3v) is 5.90. The molecule has 5 nitrogen and oxygen atoms in total. The molecule has 0 saturated heterocycles. The Morgan fingerprint density at radius 1 is 0.960 bits per heavy atom. The van der Waals surface area contributed by atoms with Crippen LogP contribution in [0.25, 0.3) is 0 Å². The second-order valence-electron chi connectivity index (χ2n) is 9.35. The molecule has 0 heterocycles. The molecule has 2 atom stereocenters. The van der Waals surface area contributed by atoms with E-state index in [4.69, 9.17) is 4.74 Å².